The maximum absolute atomic E-state index is 11.7. The Morgan fingerprint density at radius 1 is 0.964 bits per heavy atom. The van der Waals surface area contributed by atoms with Crippen LogP contribution in [0.4, 0.5) is 0 Å². The summed E-state index contributed by atoms with van der Waals surface area (Å²) in [5, 5.41) is 1.32. The van der Waals surface area contributed by atoms with Crippen molar-refractivity contribution in [1.29, 1.82) is 0 Å². The average Bonchev–Trinajstić information content (AvgIpc) is 3.10. The van der Waals surface area contributed by atoms with E-state index in [-0.39, 0.29) is 5.56 Å². The van der Waals surface area contributed by atoms with E-state index in [1.165, 1.54) is 6.07 Å². The van der Waals surface area contributed by atoms with Crippen molar-refractivity contribution in [3.05, 3.63) is 75.8 Å². The molecule has 5 rings (SSSR count). The number of rotatable bonds is 2. The van der Waals surface area contributed by atoms with E-state index in [0.717, 1.165) is 22.2 Å². The van der Waals surface area contributed by atoms with Gasteiger partial charge in [-0.25, -0.2) is 15.0 Å². The number of pyridine rings is 2. The minimum Gasteiger partial charge on any atom is -0.454 e. The monoisotopic (exact) mass is 388 g/mol. The summed E-state index contributed by atoms with van der Waals surface area (Å²) in [6.07, 6.45) is 0. The lowest BCUT2D eigenvalue weighted by Gasteiger charge is -2.09. The van der Waals surface area contributed by atoms with Gasteiger partial charge in [-0.05, 0) is 37.3 Å². The number of aromatic nitrogens is 4. The Labute approximate surface area is 163 Å². The number of aromatic amines is 1. The Hall–Kier alpha value is -3.51. The van der Waals surface area contributed by atoms with Gasteiger partial charge in [0.2, 0.25) is 5.56 Å². The van der Waals surface area contributed by atoms with Crippen LogP contribution < -0.4 is 5.56 Å². The van der Waals surface area contributed by atoms with Crippen LogP contribution in [0.5, 0.6) is 0 Å². The summed E-state index contributed by atoms with van der Waals surface area (Å²) in [6, 6.07) is 16.3. The molecule has 0 aliphatic carbocycles. The van der Waals surface area contributed by atoms with E-state index < -0.39 is 0 Å². The minimum absolute atomic E-state index is 0.243. The standard InChI is InChI=1S/C21H13ClN4O2/c1-11-8-13(10-17(22)23-11)19-20(16-9-12-4-2-3-5-15(12)28-16)26-21-14(24-19)6-7-18(27)25-21/h2-10H,1H3,(H,25,26,27). The van der Waals surface area contributed by atoms with E-state index in [0.29, 0.717) is 33.5 Å². The van der Waals surface area contributed by atoms with Crippen LogP contribution in [0.2, 0.25) is 5.15 Å². The van der Waals surface area contributed by atoms with Crippen LogP contribution >= 0.6 is 11.6 Å². The summed E-state index contributed by atoms with van der Waals surface area (Å²) in [6.45, 7) is 1.86. The molecule has 0 radical (unpaired) electrons. The van der Waals surface area contributed by atoms with Gasteiger partial charge in [0.1, 0.15) is 27.6 Å². The third-order valence-corrected chi connectivity index (χ3v) is 4.61. The Morgan fingerprint density at radius 2 is 1.82 bits per heavy atom. The summed E-state index contributed by atoms with van der Waals surface area (Å²) >= 11 is 6.17. The first-order valence-corrected chi connectivity index (χ1v) is 8.99. The van der Waals surface area contributed by atoms with Crippen molar-refractivity contribution in [1.82, 2.24) is 19.9 Å². The van der Waals surface area contributed by atoms with Gasteiger partial charge in [-0.1, -0.05) is 29.8 Å². The largest absolute Gasteiger partial charge is 0.454 e. The van der Waals surface area contributed by atoms with Crippen molar-refractivity contribution >= 4 is 33.7 Å². The Bertz CT molecular complexity index is 1370. The third kappa shape index (κ3) is 2.84. The first kappa shape index (κ1) is 16.6. The first-order valence-electron chi connectivity index (χ1n) is 8.61. The zero-order chi connectivity index (χ0) is 19.3. The number of aryl methyl sites for hydroxylation is 1. The van der Waals surface area contributed by atoms with E-state index in [1.54, 1.807) is 12.1 Å². The van der Waals surface area contributed by atoms with Crippen LogP contribution in [-0.2, 0) is 0 Å². The quantitative estimate of drug-likeness (QED) is 0.441. The molecular formula is C21H13ClN4O2. The smallest absolute Gasteiger partial charge is 0.249 e. The topological polar surface area (TPSA) is 84.7 Å². The molecule has 0 saturated carbocycles. The predicted molar refractivity (Wildman–Crippen MR) is 108 cm³/mol. The van der Waals surface area contributed by atoms with E-state index in [2.05, 4.69) is 15.0 Å². The summed E-state index contributed by atoms with van der Waals surface area (Å²) < 4.78 is 6.01. The molecule has 1 N–H and O–H groups in total. The van der Waals surface area contributed by atoms with Crippen molar-refractivity contribution in [2.24, 2.45) is 0 Å². The molecule has 7 heteroatoms. The molecule has 4 aromatic heterocycles. The molecule has 0 saturated heterocycles. The molecule has 0 aliphatic rings. The van der Waals surface area contributed by atoms with Gasteiger partial charge in [-0.3, -0.25) is 4.79 Å². The highest BCUT2D eigenvalue weighted by atomic mass is 35.5. The molecule has 4 heterocycles. The average molecular weight is 389 g/mol. The predicted octanol–water partition coefficient (Wildman–Crippen LogP) is 4.76. The van der Waals surface area contributed by atoms with Crippen molar-refractivity contribution in [2.75, 3.05) is 0 Å². The molecule has 0 spiro atoms. The van der Waals surface area contributed by atoms with Crippen LogP contribution in [-0.4, -0.2) is 19.9 Å². The molecule has 136 valence electrons. The van der Waals surface area contributed by atoms with Gasteiger partial charge in [-0.2, -0.15) is 0 Å². The van der Waals surface area contributed by atoms with Gasteiger partial charge >= 0.3 is 0 Å². The molecule has 0 amide bonds. The summed E-state index contributed by atoms with van der Waals surface area (Å²) in [4.78, 5) is 28.1. The SMILES string of the molecule is Cc1cc(-c2nc3ccc(=O)[nH]c3nc2-c2cc3ccccc3o2)cc(Cl)n1. The molecule has 0 unspecified atom stereocenters. The second-order valence-corrected chi connectivity index (χ2v) is 6.83. The van der Waals surface area contributed by atoms with Crippen LogP contribution in [0.15, 0.2) is 63.8 Å². The molecule has 1 aromatic carbocycles. The Balaban J connectivity index is 1.85. The minimum atomic E-state index is -0.243. The van der Waals surface area contributed by atoms with E-state index in [9.17, 15) is 4.79 Å². The highest BCUT2D eigenvalue weighted by Gasteiger charge is 2.18. The van der Waals surface area contributed by atoms with Gasteiger partial charge in [0.15, 0.2) is 11.4 Å². The molecule has 28 heavy (non-hydrogen) atoms. The number of furan rings is 1. The van der Waals surface area contributed by atoms with Gasteiger partial charge in [-0.15, -0.1) is 0 Å². The van der Waals surface area contributed by atoms with Crippen molar-refractivity contribution in [3.8, 4) is 22.7 Å². The molecule has 6 nitrogen and oxygen atoms in total. The number of benzene rings is 1. The molecule has 0 aliphatic heterocycles. The normalized spacial score (nSPS) is 11.4. The Morgan fingerprint density at radius 3 is 2.64 bits per heavy atom. The third-order valence-electron chi connectivity index (χ3n) is 4.41. The van der Waals surface area contributed by atoms with Crippen LogP contribution in [0.1, 0.15) is 5.69 Å². The number of fused-ring (bicyclic) bond motifs is 2. The molecule has 0 atom stereocenters. The molecule has 5 aromatic rings. The number of halogens is 1. The fraction of sp³-hybridized carbons (Fsp3) is 0.0476. The lowest BCUT2D eigenvalue weighted by molar-refractivity contribution is 0.629. The zero-order valence-electron chi connectivity index (χ0n) is 14.7. The fourth-order valence-corrected chi connectivity index (χ4v) is 3.46. The van der Waals surface area contributed by atoms with Crippen molar-refractivity contribution < 1.29 is 4.42 Å². The van der Waals surface area contributed by atoms with Gasteiger partial charge < -0.3 is 9.40 Å². The lowest BCUT2D eigenvalue weighted by atomic mass is 10.1. The van der Waals surface area contributed by atoms with Gasteiger partial charge in [0, 0.05) is 22.7 Å². The number of nitrogens with zero attached hydrogens (tertiary/aromatic N) is 3. The first-order chi connectivity index (χ1) is 13.6. The molecule has 0 bridgehead atoms. The molecule has 0 fully saturated rings. The van der Waals surface area contributed by atoms with Crippen molar-refractivity contribution in [2.45, 2.75) is 6.92 Å². The molecular weight excluding hydrogens is 376 g/mol. The maximum atomic E-state index is 11.7. The number of nitrogens with one attached hydrogen (secondary N) is 1. The lowest BCUT2D eigenvalue weighted by Crippen LogP contribution is -2.06. The Kier molecular flexibility index (Phi) is 3.74. The van der Waals surface area contributed by atoms with E-state index in [1.807, 2.05) is 43.3 Å². The van der Waals surface area contributed by atoms with E-state index in [4.69, 9.17) is 21.0 Å². The van der Waals surface area contributed by atoms with Crippen LogP contribution in [0.3, 0.4) is 0 Å². The number of hydrogen-bond donors (Lipinski definition) is 1. The summed E-state index contributed by atoms with van der Waals surface area (Å²) in [5.41, 5.74) is 4.13. The zero-order valence-corrected chi connectivity index (χ0v) is 15.5. The number of H-pyrrole nitrogens is 1. The summed E-state index contributed by atoms with van der Waals surface area (Å²) in [5.74, 6) is 0.556. The second-order valence-electron chi connectivity index (χ2n) is 6.45. The van der Waals surface area contributed by atoms with Crippen LogP contribution in [0, 0.1) is 6.92 Å². The number of para-hydroxylation sites is 1. The maximum Gasteiger partial charge on any atom is 0.249 e. The van der Waals surface area contributed by atoms with Gasteiger partial charge in [0.05, 0.1) is 0 Å². The van der Waals surface area contributed by atoms with E-state index >= 15 is 0 Å². The second kappa shape index (κ2) is 6.28. The highest BCUT2D eigenvalue weighted by Crippen LogP contribution is 2.34. The van der Waals surface area contributed by atoms with Crippen LogP contribution in [0.25, 0.3) is 44.8 Å². The van der Waals surface area contributed by atoms with Crippen molar-refractivity contribution in [3.63, 3.8) is 0 Å². The van der Waals surface area contributed by atoms with Gasteiger partial charge in [0.25, 0.3) is 0 Å². The summed E-state index contributed by atoms with van der Waals surface area (Å²) in [7, 11) is 0. The highest BCUT2D eigenvalue weighted by molar-refractivity contribution is 6.29. The number of hydrogen-bond acceptors (Lipinski definition) is 5. The fourth-order valence-electron chi connectivity index (χ4n) is 3.21.